The first-order valence-corrected chi connectivity index (χ1v) is 19.5. The molecule has 256 valence electrons. The number of carbonyl (C=O) groups is 2. The number of benzene rings is 4. The van der Waals surface area contributed by atoms with E-state index in [1.807, 2.05) is 54.7 Å². The van der Waals surface area contributed by atoms with Crippen molar-refractivity contribution in [1.82, 2.24) is 0 Å². The maximum absolute atomic E-state index is 14.4. The molecule has 0 saturated carbocycles. The molecule has 0 bridgehead atoms. The van der Waals surface area contributed by atoms with Crippen molar-refractivity contribution in [2.24, 2.45) is 0 Å². The van der Waals surface area contributed by atoms with Crippen LogP contribution in [-0.4, -0.2) is 48.7 Å². The number of anilines is 3. The fourth-order valence-corrected chi connectivity index (χ4v) is 9.97. The van der Waals surface area contributed by atoms with Crippen molar-refractivity contribution in [3.05, 3.63) is 106 Å². The van der Waals surface area contributed by atoms with E-state index in [1.165, 1.54) is 43.1 Å². The van der Waals surface area contributed by atoms with Crippen molar-refractivity contribution in [1.29, 1.82) is 0 Å². The average molecular weight is 761 g/mol. The van der Waals surface area contributed by atoms with Gasteiger partial charge in [0.1, 0.15) is 11.3 Å². The highest BCUT2D eigenvalue weighted by Crippen LogP contribution is 2.50. The van der Waals surface area contributed by atoms with Crippen molar-refractivity contribution in [2.75, 3.05) is 47.0 Å². The molecule has 0 atom stereocenters. The van der Waals surface area contributed by atoms with Crippen molar-refractivity contribution in [2.45, 2.75) is 50.0 Å². The topological polar surface area (TPSA) is 82.1 Å². The standard InChI is InChI=1S/C39H42BrN3O4S2/c1-26-9-7-10-34(42-19-5-4-6-20-42)37(26)43(36(44)24-29-23-35(47-3)32(38(45)46)25-33(29)40)41-31-17-13-28(14-18-31)27-11-15-30(16-12-27)39(2)48-21-8-22-49-39/h7,9-18,23,25,41H,4-6,8,19-22,24H2,1-3H3,(H,45,46). The number of nitrogens with one attached hydrogen (secondary N) is 1. The lowest BCUT2D eigenvalue weighted by molar-refractivity contribution is -0.117. The van der Waals surface area contributed by atoms with Crippen LogP contribution in [-0.2, 0) is 15.3 Å². The third kappa shape index (κ3) is 7.92. The highest BCUT2D eigenvalue weighted by atomic mass is 79.9. The third-order valence-corrected chi connectivity index (χ3v) is 13.2. The second-order valence-corrected chi connectivity index (χ2v) is 16.7. The molecular weight excluding hydrogens is 718 g/mol. The van der Waals surface area contributed by atoms with Crippen LogP contribution in [0.25, 0.3) is 11.1 Å². The summed E-state index contributed by atoms with van der Waals surface area (Å²) in [6.45, 7) is 6.22. The summed E-state index contributed by atoms with van der Waals surface area (Å²) in [5.41, 5.74) is 11.3. The number of thioether (sulfide) groups is 2. The number of hydrogen-bond acceptors (Lipinski definition) is 7. The zero-order valence-electron chi connectivity index (χ0n) is 28.1. The van der Waals surface area contributed by atoms with E-state index in [0.29, 0.717) is 10.0 Å². The average Bonchev–Trinajstić information content (AvgIpc) is 3.12. The van der Waals surface area contributed by atoms with Crippen LogP contribution in [0.3, 0.4) is 0 Å². The predicted octanol–water partition coefficient (Wildman–Crippen LogP) is 9.77. The number of halogens is 1. The third-order valence-electron chi connectivity index (χ3n) is 9.24. The quantitative estimate of drug-likeness (QED) is 0.155. The van der Waals surface area contributed by atoms with Gasteiger partial charge in [-0.1, -0.05) is 64.5 Å². The second-order valence-electron chi connectivity index (χ2n) is 12.6. The summed E-state index contributed by atoms with van der Waals surface area (Å²) in [4.78, 5) is 28.6. The second kappa shape index (κ2) is 15.5. The van der Waals surface area contributed by atoms with Gasteiger partial charge >= 0.3 is 5.97 Å². The molecule has 0 radical (unpaired) electrons. The van der Waals surface area contributed by atoms with Crippen molar-refractivity contribution in [3.63, 3.8) is 0 Å². The van der Waals surface area contributed by atoms with Crippen molar-refractivity contribution >= 4 is 68.4 Å². The first kappa shape index (κ1) is 35.2. The Balaban J connectivity index is 1.31. The Hall–Kier alpha value is -3.60. The van der Waals surface area contributed by atoms with Crippen LogP contribution in [0.2, 0.25) is 0 Å². The molecule has 4 aromatic rings. The molecule has 0 unspecified atom stereocenters. The molecule has 2 aliphatic rings. The lowest BCUT2D eigenvalue weighted by atomic mass is 10.0. The van der Waals surface area contributed by atoms with E-state index in [4.69, 9.17) is 4.74 Å². The number of ether oxygens (including phenoxy) is 1. The Bertz CT molecular complexity index is 1800. The molecule has 6 rings (SSSR count). The van der Waals surface area contributed by atoms with Gasteiger partial charge < -0.3 is 14.7 Å². The van der Waals surface area contributed by atoms with Gasteiger partial charge in [-0.15, -0.1) is 23.5 Å². The maximum Gasteiger partial charge on any atom is 0.339 e. The van der Waals surface area contributed by atoms with E-state index in [2.05, 4.69) is 75.6 Å². The van der Waals surface area contributed by atoms with Crippen LogP contribution >= 0.6 is 39.5 Å². The molecule has 0 aliphatic carbocycles. The lowest BCUT2D eigenvalue weighted by Gasteiger charge is -2.35. The van der Waals surface area contributed by atoms with Crippen LogP contribution in [0.1, 0.15) is 59.7 Å². The zero-order valence-corrected chi connectivity index (χ0v) is 31.3. The number of carbonyl (C=O) groups excluding carboxylic acids is 1. The van der Waals surface area contributed by atoms with Gasteiger partial charge in [-0.2, -0.15) is 0 Å². The number of aromatic carboxylic acids is 1. The Kier molecular flexibility index (Phi) is 11.2. The van der Waals surface area contributed by atoms with Crippen molar-refractivity contribution in [3.8, 4) is 16.9 Å². The first-order valence-electron chi connectivity index (χ1n) is 16.7. The SMILES string of the molecule is COc1cc(CC(=O)N(Nc2ccc(-c3ccc(C4(C)SCCCS4)cc3)cc2)c2c(C)cccc2N2CCCCC2)c(Br)cc1C(=O)O. The summed E-state index contributed by atoms with van der Waals surface area (Å²) in [7, 11) is 1.43. The van der Waals surface area contributed by atoms with Crippen LogP contribution in [0.5, 0.6) is 5.75 Å². The number of rotatable bonds is 10. The summed E-state index contributed by atoms with van der Waals surface area (Å²) in [6, 6.07) is 26.4. The number of hydrazine groups is 1. The normalized spacial score (nSPS) is 15.8. The molecule has 49 heavy (non-hydrogen) atoms. The summed E-state index contributed by atoms with van der Waals surface area (Å²) in [6.07, 6.45) is 4.69. The summed E-state index contributed by atoms with van der Waals surface area (Å²) in [5, 5.41) is 11.3. The molecule has 0 aromatic heterocycles. The number of hydrogen-bond donors (Lipinski definition) is 2. The highest BCUT2D eigenvalue weighted by Gasteiger charge is 2.30. The maximum atomic E-state index is 14.4. The molecule has 0 spiro atoms. The van der Waals surface area contributed by atoms with Gasteiger partial charge in [0, 0.05) is 17.6 Å². The Morgan fingerprint density at radius 3 is 2.22 bits per heavy atom. The van der Waals surface area contributed by atoms with E-state index >= 15 is 0 Å². The van der Waals surface area contributed by atoms with E-state index in [-0.39, 0.29) is 27.7 Å². The largest absolute Gasteiger partial charge is 0.496 e. The van der Waals surface area contributed by atoms with E-state index in [9.17, 15) is 14.7 Å². The Morgan fingerprint density at radius 1 is 0.939 bits per heavy atom. The molecule has 10 heteroatoms. The molecular formula is C39H42BrN3O4S2. The molecule has 4 aromatic carbocycles. The minimum atomic E-state index is -1.10. The Morgan fingerprint density at radius 2 is 1.59 bits per heavy atom. The van der Waals surface area contributed by atoms with Gasteiger partial charge in [0.2, 0.25) is 5.91 Å². The first-order chi connectivity index (χ1) is 23.7. The number of aryl methyl sites for hydroxylation is 1. The Labute approximate surface area is 305 Å². The van der Waals surface area contributed by atoms with Gasteiger partial charge in [0.25, 0.3) is 0 Å². The summed E-state index contributed by atoms with van der Waals surface area (Å²) in [5.74, 6) is 1.32. The number of nitrogens with zero attached hydrogens (tertiary/aromatic N) is 2. The van der Waals surface area contributed by atoms with Gasteiger partial charge in [-0.3, -0.25) is 10.2 Å². The number of piperidine rings is 1. The molecule has 2 saturated heterocycles. The van der Waals surface area contributed by atoms with E-state index in [1.54, 1.807) is 11.1 Å². The van der Waals surface area contributed by atoms with E-state index < -0.39 is 5.97 Å². The molecule has 7 nitrogen and oxygen atoms in total. The molecule has 1 amide bonds. The fraction of sp³-hybridized carbons (Fsp3) is 0.333. The summed E-state index contributed by atoms with van der Waals surface area (Å²) < 4.78 is 6.01. The number of carboxylic acid groups (broad SMARTS) is 1. The molecule has 2 N–H and O–H groups in total. The zero-order chi connectivity index (χ0) is 34.5. The minimum absolute atomic E-state index is 0.0114. The predicted molar refractivity (Wildman–Crippen MR) is 208 cm³/mol. The minimum Gasteiger partial charge on any atom is -0.496 e. The lowest BCUT2D eigenvalue weighted by Crippen LogP contribution is -2.40. The monoisotopic (exact) mass is 759 g/mol. The van der Waals surface area contributed by atoms with Crippen LogP contribution in [0.15, 0.2) is 83.3 Å². The van der Waals surface area contributed by atoms with Gasteiger partial charge in [-0.05, 0) is 109 Å². The fourth-order valence-electron chi connectivity index (χ4n) is 6.51. The van der Waals surface area contributed by atoms with Crippen LogP contribution in [0, 0.1) is 6.92 Å². The number of amides is 1. The number of para-hydroxylation sites is 1. The molecule has 2 aliphatic heterocycles. The molecule has 2 fully saturated rings. The number of methoxy groups -OCH3 is 1. The van der Waals surface area contributed by atoms with Crippen LogP contribution < -0.4 is 20.1 Å². The van der Waals surface area contributed by atoms with Gasteiger partial charge in [0.05, 0.1) is 34.7 Å². The van der Waals surface area contributed by atoms with Gasteiger partial charge in [-0.25, -0.2) is 9.80 Å². The van der Waals surface area contributed by atoms with Gasteiger partial charge in [0.15, 0.2) is 0 Å². The highest BCUT2D eigenvalue weighted by molar-refractivity contribution is 9.10. The molecule has 2 heterocycles. The van der Waals surface area contributed by atoms with E-state index in [0.717, 1.165) is 59.7 Å². The van der Waals surface area contributed by atoms with Crippen molar-refractivity contribution < 1.29 is 19.4 Å². The smallest absolute Gasteiger partial charge is 0.339 e. The summed E-state index contributed by atoms with van der Waals surface area (Å²) >= 11 is 7.57. The number of carboxylic acids is 1. The van der Waals surface area contributed by atoms with Crippen LogP contribution in [0.4, 0.5) is 17.1 Å².